The van der Waals surface area contributed by atoms with Gasteiger partial charge in [-0.15, -0.1) is 0 Å². The van der Waals surface area contributed by atoms with Crippen LogP contribution in [0.4, 0.5) is 10.6 Å². The summed E-state index contributed by atoms with van der Waals surface area (Å²) in [5.74, 6) is 1.76. The third-order valence-corrected chi connectivity index (χ3v) is 4.23. The number of nitrogens with one attached hydrogen (secondary N) is 2. The van der Waals surface area contributed by atoms with Gasteiger partial charge in [-0.05, 0) is 19.4 Å². The Bertz CT molecular complexity index is 710. The molecule has 0 bridgehead atoms. The lowest BCUT2D eigenvalue weighted by Crippen LogP contribution is -2.40. The van der Waals surface area contributed by atoms with Crippen molar-refractivity contribution in [1.82, 2.24) is 15.1 Å². The number of carbonyl (C=O) groups is 1. The molecular formula is C17H22N4O2. The van der Waals surface area contributed by atoms with Crippen molar-refractivity contribution in [3.8, 4) is 5.75 Å². The third-order valence-electron chi connectivity index (χ3n) is 4.23. The highest BCUT2D eigenvalue weighted by molar-refractivity contribution is 5.88. The van der Waals surface area contributed by atoms with Gasteiger partial charge in [0.2, 0.25) is 0 Å². The first-order valence-corrected chi connectivity index (χ1v) is 7.90. The fraction of sp³-hybridized carbons (Fsp3) is 0.412. The summed E-state index contributed by atoms with van der Waals surface area (Å²) in [6.45, 7) is 4.62. The minimum absolute atomic E-state index is 0.0301. The molecule has 0 radical (unpaired) electrons. The molecule has 2 N–H and O–H groups in total. The number of ether oxygens (including phenoxy) is 1. The molecule has 0 saturated heterocycles. The van der Waals surface area contributed by atoms with Crippen molar-refractivity contribution in [2.45, 2.75) is 32.2 Å². The number of anilines is 1. The van der Waals surface area contributed by atoms with E-state index in [4.69, 9.17) is 4.74 Å². The average Bonchev–Trinajstić information content (AvgIpc) is 3.11. The SMILES string of the molecule is CCc1cc(NC(=O)N[C@@H](C)[C@@H]2COc3ccccc32)n(C)n1. The topological polar surface area (TPSA) is 68.2 Å². The molecule has 1 aliphatic rings. The molecule has 0 unspecified atom stereocenters. The minimum Gasteiger partial charge on any atom is -0.493 e. The van der Waals surface area contributed by atoms with E-state index in [-0.39, 0.29) is 18.0 Å². The largest absolute Gasteiger partial charge is 0.493 e. The summed E-state index contributed by atoms with van der Waals surface area (Å²) < 4.78 is 7.36. The zero-order valence-corrected chi connectivity index (χ0v) is 13.7. The Morgan fingerprint density at radius 1 is 1.48 bits per heavy atom. The molecule has 3 rings (SSSR count). The summed E-state index contributed by atoms with van der Waals surface area (Å²) in [6, 6.07) is 9.60. The monoisotopic (exact) mass is 314 g/mol. The number of benzene rings is 1. The van der Waals surface area contributed by atoms with Crippen molar-refractivity contribution in [2.24, 2.45) is 7.05 Å². The molecule has 6 nitrogen and oxygen atoms in total. The maximum Gasteiger partial charge on any atom is 0.320 e. The average molecular weight is 314 g/mol. The predicted molar refractivity (Wildman–Crippen MR) is 88.9 cm³/mol. The van der Waals surface area contributed by atoms with Crippen LogP contribution in [0.25, 0.3) is 0 Å². The second kappa shape index (κ2) is 6.32. The van der Waals surface area contributed by atoms with Crippen LogP contribution in [-0.2, 0) is 13.5 Å². The Kier molecular flexibility index (Phi) is 4.23. The van der Waals surface area contributed by atoms with Gasteiger partial charge in [0, 0.05) is 30.6 Å². The lowest BCUT2D eigenvalue weighted by Gasteiger charge is -2.20. The number of rotatable bonds is 4. The quantitative estimate of drug-likeness (QED) is 0.911. The van der Waals surface area contributed by atoms with E-state index in [1.54, 1.807) is 4.68 Å². The zero-order chi connectivity index (χ0) is 16.4. The molecule has 2 atom stereocenters. The highest BCUT2D eigenvalue weighted by atomic mass is 16.5. The molecule has 1 aliphatic heterocycles. The van der Waals surface area contributed by atoms with E-state index in [1.807, 2.05) is 45.2 Å². The number of hydrogen-bond donors (Lipinski definition) is 2. The Hall–Kier alpha value is -2.50. The van der Waals surface area contributed by atoms with Gasteiger partial charge in [-0.1, -0.05) is 25.1 Å². The van der Waals surface area contributed by atoms with Crippen LogP contribution in [0, 0.1) is 0 Å². The fourth-order valence-corrected chi connectivity index (χ4v) is 2.88. The van der Waals surface area contributed by atoms with Crippen LogP contribution in [0.2, 0.25) is 0 Å². The van der Waals surface area contributed by atoms with Crippen LogP contribution >= 0.6 is 0 Å². The summed E-state index contributed by atoms with van der Waals surface area (Å²) >= 11 is 0. The number of amides is 2. The van der Waals surface area contributed by atoms with Gasteiger partial charge >= 0.3 is 6.03 Å². The van der Waals surface area contributed by atoms with Crippen molar-refractivity contribution in [1.29, 1.82) is 0 Å². The second-order valence-corrected chi connectivity index (χ2v) is 5.84. The van der Waals surface area contributed by atoms with E-state index in [0.717, 1.165) is 23.4 Å². The Morgan fingerprint density at radius 2 is 2.26 bits per heavy atom. The lowest BCUT2D eigenvalue weighted by atomic mass is 9.94. The minimum atomic E-state index is -0.229. The number of fused-ring (bicyclic) bond motifs is 1. The Balaban J connectivity index is 1.63. The standard InChI is InChI=1S/C17H22N4O2/c1-4-12-9-16(21(3)20-12)19-17(22)18-11(2)14-10-23-15-8-6-5-7-13(14)15/h5-9,11,14H,4,10H2,1-3H3,(H2,18,19,22)/t11-,14-/m0/s1. The molecule has 0 fully saturated rings. The molecule has 1 aromatic heterocycles. The fourth-order valence-electron chi connectivity index (χ4n) is 2.88. The molecule has 122 valence electrons. The van der Waals surface area contributed by atoms with Gasteiger partial charge in [-0.2, -0.15) is 5.10 Å². The number of carbonyl (C=O) groups excluding carboxylic acids is 1. The van der Waals surface area contributed by atoms with Crippen molar-refractivity contribution in [3.63, 3.8) is 0 Å². The molecule has 0 saturated carbocycles. The van der Waals surface area contributed by atoms with Gasteiger partial charge in [-0.3, -0.25) is 10.00 Å². The first-order valence-electron chi connectivity index (χ1n) is 7.90. The summed E-state index contributed by atoms with van der Waals surface area (Å²) in [4.78, 5) is 12.2. The lowest BCUT2D eigenvalue weighted by molar-refractivity contribution is 0.244. The summed E-state index contributed by atoms with van der Waals surface area (Å²) in [5.41, 5.74) is 2.10. The van der Waals surface area contributed by atoms with Crippen LogP contribution in [0.15, 0.2) is 30.3 Å². The molecule has 2 heterocycles. The van der Waals surface area contributed by atoms with Gasteiger partial charge in [0.1, 0.15) is 11.6 Å². The van der Waals surface area contributed by atoms with Crippen molar-refractivity contribution >= 4 is 11.8 Å². The van der Waals surface area contributed by atoms with E-state index in [2.05, 4.69) is 21.8 Å². The van der Waals surface area contributed by atoms with Gasteiger partial charge in [-0.25, -0.2) is 4.79 Å². The van der Waals surface area contributed by atoms with Gasteiger partial charge < -0.3 is 10.1 Å². The maximum absolute atomic E-state index is 12.2. The first-order chi connectivity index (χ1) is 11.1. The Morgan fingerprint density at radius 3 is 3.00 bits per heavy atom. The second-order valence-electron chi connectivity index (χ2n) is 5.84. The number of aromatic nitrogens is 2. The molecular weight excluding hydrogens is 292 g/mol. The van der Waals surface area contributed by atoms with E-state index in [1.165, 1.54) is 0 Å². The molecule has 2 amide bonds. The van der Waals surface area contributed by atoms with Gasteiger partial charge in [0.15, 0.2) is 0 Å². The van der Waals surface area contributed by atoms with E-state index in [0.29, 0.717) is 12.4 Å². The van der Waals surface area contributed by atoms with E-state index in [9.17, 15) is 4.79 Å². The summed E-state index contributed by atoms with van der Waals surface area (Å²) in [7, 11) is 1.82. The molecule has 0 aliphatic carbocycles. The molecule has 6 heteroatoms. The normalized spacial score (nSPS) is 17.3. The van der Waals surface area contributed by atoms with Crippen molar-refractivity contribution < 1.29 is 9.53 Å². The van der Waals surface area contributed by atoms with E-state index >= 15 is 0 Å². The summed E-state index contributed by atoms with van der Waals surface area (Å²) in [6.07, 6.45) is 0.837. The zero-order valence-electron chi connectivity index (χ0n) is 13.7. The number of hydrogen-bond acceptors (Lipinski definition) is 3. The third kappa shape index (κ3) is 3.16. The van der Waals surface area contributed by atoms with E-state index < -0.39 is 0 Å². The smallest absolute Gasteiger partial charge is 0.320 e. The van der Waals surface area contributed by atoms with Crippen LogP contribution < -0.4 is 15.4 Å². The molecule has 2 aromatic rings. The number of para-hydroxylation sites is 1. The van der Waals surface area contributed by atoms with Crippen LogP contribution in [0.1, 0.15) is 31.0 Å². The highest BCUT2D eigenvalue weighted by Crippen LogP contribution is 2.35. The van der Waals surface area contributed by atoms with Crippen molar-refractivity contribution in [2.75, 3.05) is 11.9 Å². The molecule has 1 aromatic carbocycles. The number of urea groups is 1. The number of aryl methyl sites for hydroxylation is 2. The van der Waals surface area contributed by atoms with Crippen molar-refractivity contribution in [3.05, 3.63) is 41.6 Å². The van der Waals surface area contributed by atoms with Crippen LogP contribution in [0.5, 0.6) is 5.75 Å². The summed E-state index contributed by atoms with van der Waals surface area (Å²) in [5, 5.41) is 10.2. The predicted octanol–water partition coefficient (Wildman–Crippen LogP) is 2.67. The van der Waals surface area contributed by atoms with Gasteiger partial charge in [0.25, 0.3) is 0 Å². The van der Waals surface area contributed by atoms with Gasteiger partial charge in [0.05, 0.1) is 12.3 Å². The maximum atomic E-state index is 12.2. The molecule has 0 spiro atoms. The first kappa shape index (κ1) is 15.4. The molecule has 23 heavy (non-hydrogen) atoms. The van der Waals surface area contributed by atoms with Crippen LogP contribution in [0.3, 0.4) is 0 Å². The number of nitrogens with zero attached hydrogens (tertiary/aromatic N) is 2. The van der Waals surface area contributed by atoms with Crippen LogP contribution in [-0.4, -0.2) is 28.5 Å². The Labute approximate surface area is 135 Å². The highest BCUT2D eigenvalue weighted by Gasteiger charge is 2.29.